The topological polar surface area (TPSA) is 69.2 Å². The predicted molar refractivity (Wildman–Crippen MR) is 99.1 cm³/mol. The first-order chi connectivity index (χ1) is 12.5. The third kappa shape index (κ3) is 4.33. The van der Waals surface area contributed by atoms with Crippen LogP contribution in [0.15, 0.2) is 41.5 Å². The Kier molecular flexibility index (Phi) is 5.41. The maximum atomic E-state index is 12.0. The van der Waals surface area contributed by atoms with E-state index in [1.54, 1.807) is 18.3 Å². The molecule has 3 rings (SSSR count). The minimum absolute atomic E-state index is 0.0956. The van der Waals surface area contributed by atoms with Crippen molar-refractivity contribution >= 4 is 12.1 Å². The number of carbonyl (C=O) groups excluding carboxylic acids is 1. The van der Waals surface area contributed by atoms with Crippen LogP contribution < -0.4 is 19.6 Å². The molecule has 1 aliphatic rings. The van der Waals surface area contributed by atoms with E-state index in [-0.39, 0.29) is 19.3 Å². The van der Waals surface area contributed by atoms with Gasteiger partial charge in [-0.3, -0.25) is 4.79 Å². The second kappa shape index (κ2) is 7.91. The van der Waals surface area contributed by atoms with E-state index in [0.29, 0.717) is 17.4 Å². The first kappa shape index (κ1) is 17.8. The highest BCUT2D eigenvalue weighted by molar-refractivity contribution is 5.83. The van der Waals surface area contributed by atoms with Crippen LogP contribution >= 0.6 is 0 Å². The Morgan fingerprint density at radius 2 is 2.04 bits per heavy atom. The number of hydrogen-bond acceptors (Lipinski definition) is 5. The van der Waals surface area contributed by atoms with Crippen LogP contribution in [0.25, 0.3) is 0 Å². The van der Waals surface area contributed by atoms with Gasteiger partial charge in [-0.15, -0.1) is 0 Å². The number of hydrazone groups is 1. The SMILES string of the molecule is Cc1ccc(C(C)C)c(OCC(=O)N/N=C\c2ccc3c(c2)OCO3)c1. The molecule has 6 nitrogen and oxygen atoms in total. The molecule has 1 heterocycles. The molecular weight excluding hydrogens is 332 g/mol. The quantitative estimate of drug-likeness (QED) is 0.638. The summed E-state index contributed by atoms with van der Waals surface area (Å²) in [5.41, 5.74) is 5.43. The van der Waals surface area contributed by atoms with E-state index < -0.39 is 0 Å². The van der Waals surface area contributed by atoms with Gasteiger partial charge in [-0.1, -0.05) is 26.0 Å². The van der Waals surface area contributed by atoms with Gasteiger partial charge in [-0.2, -0.15) is 5.10 Å². The Hall–Kier alpha value is -3.02. The number of amides is 1. The summed E-state index contributed by atoms with van der Waals surface area (Å²) in [6, 6.07) is 11.5. The van der Waals surface area contributed by atoms with Crippen LogP contribution in [-0.2, 0) is 4.79 Å². The van der Waals surface area contributed by atoms with Crippen LogP contribution in [0.4, 0.5) is 0 Å². The Labute approximate surface area is 152 Å². The fourth-order valence-corrected chi connectivity index (χ4v) is 2.59. The molecule has 0 radical (unpaired) electrons. The van der Waals surface area contributed by atoms with Crippen molar-refractivity contribution in [2.45, 2.75) is 26.7 Å². The first-order valence-corrected chi connectivity index (χ1v) is 8.48. The third-order valence-corrected chi connectivity index (χ3v) is 3.95. The maximum absolute atomic E-state index is 12.0. The molecule has 0 saturated carbocycles. The fourth-order valence-electron chi connectivity index (χ4n) is 2.59. The zero-order chi connectivity index (χ0) is 18.5. The number of nitrogens with zero attached hydrogens (tertiary/aromatic N) is 1. The summed E-state index contributed by atoms with van der Waals surface area (Å²) >= 11 is 0. The smallest absolute Gasteiger partial charge is 0.277 e. The fraction of sp³-hybridized carbons (Fsp3) is 0.300. The van der Waals surface area contributed by atoms with E-state index in [9.17, 15) is 4.79 Å². The molecule has 1 aliphatic heterocycles. The molecule has 0 unspecified atom stereocenters. The van der Waals surface area contributed by atoms with Crippen molar-refractivity contribution in [3.05, 3.63) is 53.1 Å². The number of hydrogen-bond donors (Lipinski definition) is 1. The third-order valence-electron chi connectivity index (χ3n) is 3.95. The molecule has 0 atom stereocenters. The van der Waals surface area contributed by atoms with E-state index >= 15 is 0 Å². The van der Waals surface area contributed by atoms with Crippen LogP contribution in [0.2, 0.25) is 0 Å². The number of nitrogens with one attached hydrogen (secondary N) is 1. The lowest BCUT2D eigenvalue weighted by Gasteiger charge is -2.14. The lowest BCUT2D eigenvalue weighted by atomic mass is 10.0. The predicted octanol–water partition coefficient (Wildman–Crippen LogP) is 3.38. The second-order valence-corrected chi connectivity index (χ2v) is 6.39. The Morgan fingerprint density at radius 3 is 2.85 bits per heavy atom. The van der Waals surface area contributed by atoms with Crippen LogP contribution in [0.5, 0.6) is 17.2 Å². The van der Waals surface area contributed by atoms with Gasteiger partial charge in [0.05, 0.1) is 6.21 Å². The molecule has 26 heavy (non-hydrogen) atoms. The van der Waals surface area contributed by atoms with Crippen molar-refractivity contribution in [3.63, 3.8) is 0 Å². The van der Waals surface area contributed by atoms with Gasteiger partial charge in [0, 0.05) is 0 Å². The molecule has 1 amide bonds. The molecule has 6 heteroatoms. The van der Waals surface area contributed by atoms with E-state index in [1.165, 1.54) is 0 Å². The summed E-state index contributed by atoms with van der Waals surface area (Å²) in [4.78, 5) is 12.0. The average molecular weight is 354 g/mol. The molecule has 2 aromatic rings. The van der Waals surface area contributed by atoms with Crippen LogP contribution in [-0.4, -0.2) is 25.5 Å². The van der Waals surface area contributed by atoms with Gasteiger partial charge in [-0.05, 0) is 53.8 Å². The molecule has 0 spiro atoms. The highest BCUT2D eigenvalue weighted by Gasteiger charge is 2.13. The molecule has 0 bridgehead atoms. The Balaban J connectivity index is 1.54. The highest BCUT2D eigenvalue weighted by Crippen LogP contribution is 2.32. The molecule has 0 aromatic heterocycles. The lowest BCUT2D eigenvalue weighted by molar-refractivity contribution is -0.123. The first-order valence-electron chi connectivity index (χ1n) is 8.48. The molecule has 2 aromatic carbocycles. The number of benzene rings is 2. The summed E-state index contributed by atoms with van der Waals surface area (Å²) in [5.74, 6) is 2.11. The highest BCUT2D eigenvalue weighted by atomic mass is 16.7. The van der Waals surface area contributed by atoms with Gasteiger partial charge in [0.15, 0.2) is 18.1 Å². The minimum Gasteiger partial charge on any atom is -0.483 e. The van der Waals surface area contributed by atoms with E-state index in [2.05, 4.69) is 24.4 Å². The Bertz CT molecular complexity index is 831. The molecule has 0 saturated heterocycles. The number of fused-ring (bicyclic) bond motifs is 1. The van der Waals surface area contributed by atoms with Crippen LogP contribution in [0, 0.1) is 6.92 Å². The summed E-state index contributed by atoms with van der Waals surface area (Å²) in [6.07, 6.45) is 1.55. The summed E-state index contributed by atoms with van der Waals surface area (Å²) in [5, 5.41) is 3.95. The maximum Gasteiger partial charge on any atom is 0.277 e. The van der Waals surface area contributed by atoms with Crippen molar-refractivity contribution in [1.29, 1.82) is 0 Å². The molecule has 136 valence electrons. The van der Waals surface area contributed by atoms with Gasteiger partial charge in [0.25, 0.3) is 5.91 Å². The standard InChI is InChI=1S/C20H22N2O4/c1-13(2)16-6-4-14(3)8-18(16)24-11-20(23)22-21-10-15-5-7-17-19(9-15)26-12-25-17/h4-10,13H,11-12H2,1-3H3,(H,22,23)/b21-10-. The summed E-state index contributed by atoms with van der Waals surface area (Å²) in [7, 11) is 0. The van der Waals surface area contributed by atoms with E-state index in [0.717, 1.165) is 22.4 Å². The Morgan fingerprint density at radius 1 is 1.23 bits per heavy atom. The zero-order valence-electron chi connectivity index (χ0n) is 15.1. The number of carbonyl (C=O) groups is 1. The lowest BCUT2D eigenvalue weighted by Crippen LogP contribution is -2.25. The zero-order valence-corrected chi connectivity index (χ0v) is 15.1. The van der Waals surface area contributed by atoms with Gasteiger partial charge in [0.1, 0.15) is 5.75 Å². The monoisotopic (exact) mass is 354 g/mol. The normalized spacial score (nSPS) is 12.6. The molecule has 0 fully saturated rings. The largest absolute Gasteiger partial charge is 0.483 e. The minimum atomic E-state index is -0.321. The van der Waals surface area contributed by atoms with Crippen molar-refractivity contribution in [3.8, 4) is 17.2 Å². The van der Waals surface area contributed by atoms with Gasteiger partial charge < -0.3 is 14.2 Å². The van der Waals surface area contributed by atoms with E-state index in [1.807, 2.05) is 31.2 Å². The van der Waals surface area contributed by atoms with Crippen molar-refractivity contribution in [2.75, 3.05) is 13.4 Å². The number of rotatable bonds is 6. The number of ether oxygens (including phenoxy) is 3. The molecule has 1 N–H and O–H groups in total. The second-order valence-electron chi connectivity index (χ2n) is 6.39. The molecule has 0 aliphatic carbocycles. The van der Waals surface area contributed by atoms with Crippen LogP contribution in [0.1, 0.15) is 36.5 Å². The van der Waals surface area contributed by atoms with Crippen molar-refractivity contribution in [1.82, 2.24) is 5.43 Å². The summed E-state index contributed by atoms with van der Waals surface area (Å²) in [6.45, 7) is 6.30. The van der Waals surface area contributed by atoms with Gasteiger partial charge in [-0.25, -0.2) is 5.43 Å². The van der Waals surface area contributed by atoms with E-state index in [4.69, 9.17) is 14.2 Å². The number of aryl methyl sites for hydroxylation is 1. The summed E-state index contributed by atoms with van der Waals surface area (Å²) < 4.78 is 16.2. The van der Waals surface area contributed by atoms with Crippen molar-refractivity contribution < 1.29 is 19.0 Å². The van der Waals surface area contributed by atoms with Gasteiger partial charge >= 0.3 is 0 Å². The van der Waals surface area contributed by atoms with Gasteiger partial charge in [0.2, 0.25) is 6.79 Å². The van der Waals surface area contributed by atoms with Crippen molar-refractivity contribution in [2.24, 2.45) is 5.10 Å². The molecular formula is C20H22N2O4. The average Bonchev–Trinajstić information content (AvgIpc) is 3.07. The van der Waals surface area contributed by atoms with Crippen LogP contribution in [0.3, 0.4) is 0 Å².